The van der Waals surface area contributed by atoms with Crippen LogP contribution in [0, 0.1) is 11.2 Å². The van der Waals surface area contributed by atoms with Gasteiger partial charge >= 0.3 is 12.0 Å². The highest BCUT2D eigenvalue weighted by atomic mass is 19.1. The molecular weight excluding hydrogens is 275 g/mol. The van der Waals surface area contributed by atoms with Crippen LogP contribution in [0.1, 0.15) is 38.1 Å². The third-order valence-electron chi connectivity index (χ3n) is 3.61. The zero-order chi connectivity index (χ0) is 16.4. The fourth-order valence-electron chi connectivity index (χ4n) is 1.77. The molecular formula is C15H21FN2O3. The number of hydrogen-bond acceptors (Lipinski definition) is 2. The summed E-state index contributed by atoms with van der Waals surface area (Å²) >= 11 is 0. The number of carbonyl (C=O) groups is 2. The summed E-state index contributed by atoms with van der Waals surface area (Å²) < 4.78 is 13.3. The Morgan fingerprint density at radius 3 is 2.38 bits per heavy atom. The first-order valence-electron chi connectivity index (χ1n) is 6.60. The highest BCUT2D eigenvalue weighted by Gasteiger charge is 2.27. The molecule has 0 spiro atoms. The summed E-state index contributed by atoms with van der Waals surface area (Å²) in [6.07, 6.45) is 0. The number of carbonyl (C=O) groups excluding carboxylic acids is 1. The SMILES string of the molecule is CC(N(C)C(=O)Nc1cc(F)ccc1C(=O)O)C(C)(C)C. The number of anilines is 1. The monoisotopic (exact) mass is 296 g/mol. The quantitative estimate of drug-likeness (QED) is 0.898. The van der Waals surface area contributed by atoms with Gasteiger partial charge in [-0.1, -0.05) is 20.8 Å². The molecule has 1 unspecified atom stereocenters. The van der Waals surface area contributed by atoms with Crippen molar-refractivity contribution < 1.29 is 19.1 Å². The van der Waals surface area contributed by atoms with E-state index in [4.69, 9.17) is 5.11 Å². The first-order valence-corrected chi connectivity index (χ1v) is 6.60. The second-order valence-electron chi connectivity index (χ2n) is 6.08. The van der Waals surface area contributed by atoms with Crippen molar-refractivity contribution in [3.05, 3.63) is 29.6 Å². The molecule has 1 aromatic carbocycles. The van der Waals surface area contributed by atoms with Crippen LogP contribution in [-0.2, 0) is 0 Å². The number of benzene rings is 1. The van der Waals surface area contributed by atoms with Crippen LogP contribution in [0.2, 0.25) is 0 Å². The zero-order valence-corrected chi connectivity index (χ0v) is 12.9. The van der Waals surface area contributed by atoms with E-state index < -0.39 is 17.8 Å². The number of urea groups is 1. The van der Waals surface area contributed by atoms with Crippen molar-refractivity contribution in [1.82, 2.24) is 4.90 Å². The fraction of sp³-hybridized carbons (Fsp3) is 0.467. The fourth-order valence-corrected chi connectivity index (χ4v) is 1.77. The van der Waals surface area contributed by atoms with Gasteiger partial charge < -0.3 is 15.3 Å². The number of nitrogens with zero attached hydrogens (tertiary/aromatic N) is 1. The maximum Gasteiger partial charge on any atom is 0.337 e. The number of nitrogens with one attached hydrogen (secondary N) is 1. The summed E-state index contributed by atoms with van der Waals surface area (Å²) in [6.45, 7) is 7.87. The molecule has 0 aliphatic rings. The molecule has 0 radical (unpaired) electrons. The second kappa shape index (κ2) is 6.11. The lowest BCUT2D eigenvalue weighted by Gasteiger charge is -2.35. The number of aromatic carboxylic acids is 1. The summed E-state index contributed by atoms with van der Waals surface area (Å²) in [7, 11) is 1.62. The van der Waals surface area contributed by atoms with E-state index >= 15 is 0 Å². The highest BCUT2D eigenvalue weighted by molar-refractivity contribution is 6.00. The summed E-state index contributed by atoms with van der Waals surface area (Å²) in [4.78, 5) is 24.7. The second-order valence-corrected chi connectivity index (χ2v) is 6.08. The Hall–Kier alpha value is -2.11. The first-order chi connectivity index (χ1) is 9.54. The van der Waals surface area contributed by atoms with E-state index in [2.05, 4.69) is 5.32 Å². The van der Waals surface area contributed by atoms with Gasteiger partial charge in [0.1, 0.15) is 5.82 Å². The van der Waals surface area contributed by atoms with Crippen LogP contribution in [0.5, 0.6) is 0 Å². The van der Waals surface area contributed by atoms with Crippen LogP contribution in [0.25, 0.3) is 0 Å². The molecule has 0 bridgehead atoms. The molecule has 0 aromatic heterocycles. The predicted octanol–water partition coefficient (Wildman–Crippen LogP) is 3.42. The lowest BCUT2D eigenvalue weighted by molar-refractivity contribution is 0.0698. The normalized spacial score (nSPS) is 12.7. The lowest BCUT2D eigenvalue weighted by atomic mass is 9.87. The van der Waals surface area contributed by atoms with Gasteiger partial charge in [0.15, 0.2) is 0 Å². The van der Waals surface area contributed by atoms with Gasteiger partial charge in [-0.15, -0.1) is 0 Å². The van der Waals surface area contributed by atoms with Gasteiger partial charge in [0.05, 0.1) is 11.3 Å². The molecule has 2 N–H and O–H groups in total. The minimum absolute atomic E-state index is 0.0551. The molecule has 1 rings (SSSR count). The van der Waals surface area contributed by atoms with E-state index in [0.717, 1.165) is 18.2 Å². The predicted molar refractivity (Wildman–Crippen MR) is 79.1 cm³/mol. The molecule has 0 heterocycles. The van der Waals surface area contributed by atoms with Crippen molar-refractivity contribution in [2.75, 3.05) is 12.4 Å². The van der Waals surface area contributed by atoms with Crippen LogP contribution in [0.15, 0.2) is 18.2 Å². The Morgan fingerprint density at radius 2 is 1.90 bits per heavy atom. The molecule has 0 saturated heterocycles. The van der Waals surface area contributed by atoms with Crippen LogP contribution in [-0.4, -0.2) is 35.1 Å². The average molecular weight is 296 g/mol. The Balaban J connectivity index is 2.98. The molecule has 6 heteroatoms. The highest BCUT2D eigenvalue weighted by Crippen LogP contribution is 2.24. The van der Waals surface area contributed by atoms with Gasteiger partial charge in [0.2, 0.25) is 0 Å². The molecule has 1 aromatic rings. The van der Waals surface area contributed by atoms with E-state index in [9.17, 15) is 14.0 Å². The van der Waals surface area contributed by atoms with Gasteiger partial charge in [-0.2, -0.15) is 0 Å². The molecule has 2 amide bonds. The molecule has 0 fully saturated rings. The van der Waals surface area contributed by atoms with Crippen molar-refractivity contribution in [2.24, 2.45) is 5.41 Å². The van der Waals surface area contributed by atoms with E-state index in [-0.39, 0.29) is 22.7 Å². The van der Waals surface area contributed by atoms with Crippen molar-refractivity contribution in [3.63, 3.8) is 0 Å². The van der Waals surface area contributed by atoms with Crippen LogP contribution >= 0.6 is 0 Å². The minimum Gasteiger partial charge on any atom is -0.478 e. The van der Waals surface area contributed by atoms with Gasteiger partial charge in [-0.05, 0) is 30.5 Å². The van der Waals surface area contributed by atoms with E-state index in [0.29, 0.717) is 0 Å². The van der Waals surface area contributed by atoms with Crippen molar-refractivity contribution >= 4 is 17.7 Å². The smallest absolute Gasteiger partial charge is 0.337 e. The molecule has 21 heavy (non-hydrogen) atoms. The summed E-state index contributed by atoms with van der Waals surface area (Å²) in [5, 5.41) is 11.5. The van der Waals surface area contributed by atoms with Crippen molar-refractivity contribution in [3.8, 4) is 0 Å². The van der Waals surface area contributed by atoms with E-state index in [1.165, 1.54) is 4.90 Å². The Morgan fingerprint density at radius 1 is 1.33 bits per heavy atom. The topological polar surface area (TPSA) is 69.6 Å². The molecule has 1 atom stereocenters. The molecule has 0 aliphatic carbocycles. The molecule has 5 nitrogen and oxygen atoms in total. The lowest BCUT2D eigenvalue weighted by Crippen LogP contribution is -2.45. The molecule has 0 aliphatic heterocycles. The third-order valence-corrected chi connectivity index (χ3v) is 3.61. The number of carboxylic acids is 1. The van der Waals surface area contributed by atoms with Gasteiger partial charge in [-0.25, -0.2) is 14.0 Å². The van der Waals surface area contributed by atoms with Gasteiger partial charge in [-0.3, -0.25) is 0 Å². The zero-order valence-electron chi connectivity index (χ0n) is 12.9. The minimum atomic E-state index is -1.23. The number of carboxylic acid groups (broad SMARTS) is 1. The third kappa shape index (κ3) is 4.18. The molecule has 116 valence electrons. The maximum atomic E-state index is 13.3. The van der Waals surface area contributed by atoms with Crippen LogP contribution < -0.4 is 5.32 Å². The first kappa shape index (κ1) is 16.9. The number of halogens is 1. The Kier molecular flexibility index (Phi) is 4.93. The average Bonchev–Trinajstić information content (AvgIpc) is 2.35. The number of hydrogen-bond donors (Lipinski definition) is 2. The van der Waals surface area contributed by atoms with Crippen LogP contribution in [0.4, 0.5) is 14.9 Å². The van der Waals surface area contributed by atoms with Crippen LogP contribution in [0.3, 0.4) is 0 Å². The Bertz CT molecular complexity index is 552. The van der Waals surface area contributed by atoms with Crippen molar-refractivity contribution in [1.29, 1.82) is 0 Å². The largest absolute Gasteiger partial charge is 0.478 e. The van der Waals surface area contributed by atoms with Gasteiger partial charge in [0.25, 0.3) is 0 Å². The standard InChI is InChI=1S/C15H21FN2O3/c1-9(15(2,3)4)18(5)14(21)17-12-8-10(16)6-7-11(12)13(19)20/h6-9H,1-5H3,(H,17,21)(H,19,20). The number of rotatable bonds is 3. The van der Waals surface area contributed by atoms with Gasteiger partial charge in [0, 0.05) is 13.1 Å². The summed E-state index contributed by atoms with van der Waals surface area (Å²) in [6, 6.07) is 2.60. The Labute approximate surface area is 123 Å². The van der Waals surface area contributed by atoms with E-state index in [1.807, 2.05) is 27.7 Å². The maximum absolute atomic E-state index is 13.3. The summed E-state index contributed by atoms with van der Waals surface area (Å²) in [5.41, 5.74) is -0.342. The summed E-state index contributed by atoms with van der Waals surface area (Å²) in [5.74, 6) is -1.83. The molecule has 0 saturated carbocycles. The van der Waals surface area contributed by atoms with Crippen molar-refractivity contribution in [2.45, 2.75) is 33.7 Å². The number of amides is 2. The van der Waals surface area contributed by atoms with E-state index in [1.54, 1.807) is 7.05 Å².